The number of anilines is 1. The summed E-state index contributed by atoms with van der Waals surface area (Å²) in [6, 6.07) is 11.6. The number of thiophene rings is 1. The molecule has 0 radical (unpaired) electrons. The van der Waals surface area contributed by atoms with Crippen LogP contribution >= 0.6 is 22.7 Å². The number of amides is 1. The maximum Gasteiger partial charge on any atom is 0.274 e. The zero-order valence-corrected chi connectivity index (χ0v) is 15.3. The normalized spacial score (nSPS) is 11.0. The van der Waals surface area contributed by atoms with Crippen LogP contribution in [0.1, 0.15) is 10.5 Å². The molecule has 0 aliphatic rings. The Morgan fingerprint density at radius 2 is 2.00 bits per heavy atom. The molecule has 3 heterocycles. The molecule has 5 nitrogen and oxygen atoms in total. The number of nitrogens with zero attached hydrogens (tertiary/aromatic N) is 2. The number of nitrogens with one attached hydrogen (secondary N) is 1. The van der Waals surface area contributed by atoms with E-state index in [1.54, 1.807) is 18.4 Å². The average molecular weight is 369 g/mol. The van der Waals surface area contributed by atoms with Crippen LogP contribution in [-0.4, -0.2) is 22.6 Å². The second kappa shape index (κ2) is 6.34. The largest absolute Gasteiger partial charge is 0.497 e. The molecule has 0 aliphatic heterocycles. The fourth-order valence-electron chi connectivity index (χ4n) is 2.65. The fraction of sp³-hybridized carbons (Fsp3) is 0.111. The van der Waals surface area contributed by atoms with Gasteiger partial charge in [-0.15, -0.1) is 22.7 Å². The van der Waals surface area contributed by atoms with Crippen molar-refractivity contribution >= 4 is 43.9 Å². The first kappa shape index (κ1) is 15.9. The molecule has 0 unspecified atom stereocenters. The molecule has 4 aromatic rings. The van der Waals surface area contributed by atoms with E-state index in [0.717, 1.165) is 27.2 Å². The fourth-order valence-corrected chi connectivity index (χ4v) is 4.22. The van der Waals surface area contributed by atoms with Crippen molar-refractivity contribution in [1.82, 2.24) is 9.55 Å². The molecule has 126 valence electrons. The molecule has 1 N–H and O–H groups in total. The minimum absolute atomic E-state index is 0.151. The van der Waals surface area contributed by atoms with Gasteiger partial charge in [0.15, 0.2) is 5.13 Å². The SMILES string of the molecule is COc1ccc(-c2csc(NC(=O)c3cc4sccc4n3C)n2)cc1. The Balaban J connectivity index is 1.54. The first-order valence-electron chi connectivity index (χ1n) is 7.60. The number of aryl methyl sites for hydroxylation is 1. The Morgan fingerprint density at radius 3 is 2.72 bits per heavy atom. The van der Waals surface area contributed by atoms with Crippen molar-refractivity contribution in [3.63, 3.8) is 0 Å². The highest BCUT2D eigenvalue weighted by Crippen LogP contribution is 2.28. The zero-order valence-electron chi connectivity index (χ0n) is 13.6. The second-order valence-electron chi connectivity index (χ2n) is 5.48. The summed E-state index contributed by atoms with van der Waals surface area (Å²) in [4.78, 5) is 17.1. The minimum Gasteiger partial charge on any atom is -0.497 e. The maximum atomic E-state index is 12.6. The average Bonchev–Trinajstić information content (AvgIpc) is 3.33. The lowest BCUT2D eigenvalue weighted by atomic mass is 10.2. The van der Waals surface area contributed by atoms with Gasteiger partial charge in [0, 0.05) is 18.0 Å². The number of hydrogen-bond donors (Lipinski definition) is 1. The van der Waals surface area contributed by atoms with Crippen molar-refractivity contribution < 1.29 is 9.53 Å². The Labute approximate surface area is 152 Å². The van der Waals surface area contributed by atoms with E-state index < -0.39 is 0 Å². The molecule has 0 atom stereocenters. The van der Waals surface area contributed by atoms with Crippen molar-refractivity contribution in [3.8, 4) is 17.0 Å². The van der Waals surface area contributed by atoms with Gasteiger partial charge in [-0.05, 0) is 41.8 Å². The number of ether oxygens (including phenoxy) is 1. The number of fused-ring (bicyclic) bond motifs is 1. The zero-order chi connectivity index (χ0) is 17.4. The topological polar surface area (TPSA) is 56.1 Å². The molecular formula is C18H15N3O2S2. The first-order valence-corrected chi connectivity index (χ1v) is 9.36. The Kier molecular flexibility index (Phi) is 4.03. The van der Waals surface area contributed by atoms with Crippen molar-refractivity contribution in [3.05, 3.63) is 52.9 Å². The van der Waals surface area contributed by atoms with Crippen LogP contribution in [0.25, 0.3) is 21.5 Å². The summed E-state index contributed by atoms with van der Waals surface area (Å²) in [6.45, 7) is 0. The Hall–Kier alpha value is -2.64. The summed E-state index contributed by atoms with van der Waals surface area (Å²) in [5.74, 6) is 0.651. The van der Waals surface area contributed by atoms with Crippen LogP contribution in [0.2, 0.25) is 0 Å². The van der Waals surface area contributed by atoms with Crippen molar-refractivity contribution in [2.24, 2.45) is 7.05 Å². The van der Waals surface area contributed by atoms with E-state index >= 15 is 0 Å². The van der Waals surface area contributed by atoms with Crippen LogP contribution in [0.4, 0.5) is 5.13 Å². The molecule has 1 amide bonds. The second-order valence-corrected chi connectivity index (χ2v) is 7.29. The summed E-state index contributed by atoms with van der Waals surface area (Å²) < 4.78 is 8.17. The third-order valence-corrected chi connectivity index (χ3v) is 5.62. The standard InChI is InChI=1S/C18H15N3O2S2/c1-21-14-7-8-24-16(14)9-15(21)17(22)20-18-19-13(10-25-18)11-3-5-12(23-2)6-4-11/h3-10H,1-2H3,(H,19,20,22). The van der Waals surface area contributed by atoms with Crippen LogP contribution in [0.3, 0.4) is 0 Å². The van der Waals surface area contributed by atoms with Gasteiger partial charge in [0.25, 0.3) is 5.91 Å². The third-order valence-electron chi connectivity index (χ3n) is 4.01. The van der Waals surface area contributed by atoms with Gasteiger partial charge in [-0.25, -0.2) is 4.98 Å². The van der Waals surface area contributed by atoms with Gasteiger partial charge in [-0.2, -0.15) is 0 Å². The summed E-state index contributed by atoms with van der Waals surface area (Å²) in [5, 5.41) is 7.43. The molecule has 0 saturated carbocycles. The number of carbonyl (C=O) groups is 1. The number of aromatic nitrogens is 2. The highest BCUT2D eigenvalue weighted by atomic mass is 32.1. The maximum absolute atomic E-state index is 12.6. The van der Waals surface area contributed by atoms with Gasteiger partial charge in [-0.1, -0.05) is 0 Å². The summed E-state index contributed by atoms with van der Waals surface area (Å²) in [5.41, 5.74) is 3.50. The van der Waals surface area contributed by atoms with Gasteiger partial charge < -0.3 is 9.30 Å². The summed E-state index contributed by atoms with van der Waals surface area (Å²) >= 11 is 3.04. The number of benzene rings is 1. The van der Waals surface area contributed by atoms with E-state index in [2.05, 4.69) is 10.3 Å². The monoisotopic (exact) mass is 369 g/mol. The smallest absolute Gasteiger partial charge is 0.274 e. The van der Waals surface area contributed by atoms with E-state index in [0.29, 0.717) is 10.8 Å². The van der Waals surface area contributed by atoms with Crippen LogP contribution in [0.15, 0.2) is 47.2 Å². The van der Waals surface area contributed by atoms with Crippen molar-refractivity contribution in [1.29, 1.82) is 0 Å². The van der Waals surface area contributed by atoms with Gasteiger partial charge in [0.05, 0.1) is 23.0 Å². The number of hydrogen-bond acceptors (Lipinski definition) is 5. The molecular weight excluding hydrogens is 354 g/mol. The lowest BCUT2D eigenvalue weighted by molar-refractivity contribution is 0.102. The lowest BCUT2D eigenvalue weighted by Crippen LogP contribution is -2.15. The third kappa shape index (κ3) is 2.92. The summed E-state index contributed by atoms with van der Waals surface area (Å²) in [7, 11) is 3.54. The number of methoxy groups -OCH3 is 1. The predicted octanol–water partition coefficient (Wildman–Crippen LogP) is 4.62. The molecule has 25 heavy (non-hydrogen) atoms. The van der Waals surface area contributed by atoms with E-state index in [1.807, 2.05) is 58.8 Å². The Morgan fingerprint density at radius 1 is 1.20 bits per heavy atom. The van der Waals surface area contributed by atoms with Gasteiger partial charge in [0.2, 0.25) is 0 Å². The van der Waals surface area contributed by atoms with E-state index in [4.69, 9.17) is 4.74 Å². The molecule has 3 aromatic heterocycles. The highest BCUT2D eigenvalue weighted by molar-refractivity contribution is 7.17. The quantitative estimate of drug-likeness (QED) is 0.571. The van der Waals surface area contributed by atoms with E-state index in [-0.39, 0.29) is 5.91 Å². The predicted molar refractivity (Wildman–Crippen MR) is 103 cm³/mol. The minimum atomic E-state index is -0.151. The molecule has 0 aliphatic carbocycles. The lowest BCUT2D eigenvalue weighted by Gasteiger charge is -2.03. The van der Waals surface area contributed by atoms with Crippen molar-refractivity contribution in [2.75, 3.05) is 12.4 Å². The molecule has 7 heteroatoms. The highest BCUT2D eigenvalue weighted by Gasteiger charge is 2.16. The van der Waals surface area contributed by atoms with Crippen LogP contribution in [-0.2, 0) is 7.05 Å². The molecule has 0 fully saturated rings. The van der Waals surface area contributed by atoms with E-state index in [1.165, 1.54) is 11.3 Å². The molecule has 1 aromatic carbocycles. The van der Waals surface area contributed by atoms with Crippen LogP contribution in [0.5, 0.6) is 5.75 Å². The molecule has 0 saturated heterocycles. The number of rotatable bonds is 4. The van der Waals surface area contributed by atoms with Gasteiger partial charge in [-0.3, -0.25) is 10.1 Å². The van der Waals surface area contributed by atoms with Gasteiger partial charge >= 0.3 is 0 Å². The molecule has 4 rings (SSSR count). The Bertz CT molecular complexity index is 1040. The summed E-state index contributed by atoms with van der Waals surface area (Å²) in [6.07, 6.45) is 0. The number of carbonyl (C=O) groups excluding carboxylic acids is 1. The molecule has 0 bridgehead atoms. The van der Waals surface area contributed by atoms with Crippen LogP contribution in [0, 0.1) is 0 Å². The first-order chi connectivity index (χ1) is 12.2. The van der Waals surface area contributed by atoms with E-state index in [9.17, 15) is 4.79 Å². The van der Waals surface area contributed by atoms with Crippen molar-refractivity contribution in [2.45, 2.75) is 0 Å². The van der Waals surface area contributed by atoms with Crippen LogP contribution < -0.4 is 10.1 Å². The van der Waals surface area contributed by atoms with Gasteiger partial charge in [0.1, 0.15) is 11.4 Å². The molecule has 0 spiro atoms. The number of thiazole rings is 1.